The molecule has 0 atom stereocenters. The Hall–Kier alpha value is -1.98. The van der Waals surface area contributed by atoms with E-state index in [4.69, 9.17) is 32.7 Å². The molecule has 0 radical (unpaired) electrons. The molecule has 0 aliphatic carbocycles. The molecule has 0 amide bonds. The summed E-state index contributed by atoms with van der Waals surface area (Å²) in [6.45, 7) is 4.52. The fourth-order valence-electron chi connectivity index (χ4n) is 2.42. The van der Waals surface area contributed by atoms with Crippen LogP contribution < -0.4 is 9.64 Å². The number of pyridine rings is 1. The molecule has 0 unspecified atom stereocenters. The third-order valence-corrected chi connectivity index (χ3v) is 3.98. The van der Waals surface area contributed by atoms with Crippen molar-refractivity contribution in [2.24, 2.45) is 0 Å². The molecule has 3 rings (SSSR count). The largest absolute Gasteiger partial charge is 0.471 e. The van der Waals surface area contributed by atoms with E-state index in [9.17, 15) is 4.79 Å². The SMILES string of the molecule is CC(C)OC(=O)c1ccc(N2COc3c(Cl)cc(Cl)cc3C2)cn1. The van der Waals surface area contributed by atoms with E-state index in [2.05, 4.69) is 4.98 Å². The number of aromatic nitrogens is 1. The Morgan fingerprint density at radius 1 is 1.33 bits per heavy atom. The van der Waals surface area contributed by atoms with Crippen LogP contribution in [-0.4, -0.2) is 23.8 Å². The Kier molecular flexibility index (Phi) is 4.83. The van der Waals surface area contributed by atoms with Gasteiger partial charge in [-0.1, -0.05) is 23.2 Å². The second-order valence-corrected chi connectivity index (χ2v) is 6.55. The maximum absolute atomic E-state index is 11.8. The molecule has 2 heterocycles. The van der Waals surface area contributed by atoms with Gasteiger partial charge < -0.3 is 14.4 Å². The summed E-state index contributed by atoms with van der Waals surface area (Å²) in [5.74, 6) is 0.220. The Balaban J connectivity index is 1.77. The summed E-state index contributed by atoms with van der Waals surface area (Å²) in [4.78, 5) is 18.0. The summed E-state index contributed by atoms with van der Waals surface area (Å²) >= 11 is 12.2. The Morgan fingerprint density at radius 3 is 2.79 bits per heavy atom. The number of ether oxygens (including phenoxy) is 2. The quantitative estimate of drug-likeness (QED) is 0.757. The zero-order valence-corrected chi connectivity index (χ0v) is 14.8. The fourth-order valence-corrected chi connectivity index (χ4v) is 3.01. The number of nitrogens with zero attached hydrogens (tertiary/aromatic N) is 2. The molecule has 1 aliphatic heterocycles. The number of benzene rings is 1. The number of halogens is 2. The number of rotatable bonds is 3. The maximum atomic E-state index is 11.8. The predicted molar refractivity (Wildman–Crippen MR) is 92.9 cm³/mol. The first kappa shape index (κ1) is 16.9. The van der Waals surface area contributed by atoms with Gasteiger partial charge in [-0.3, -0.25) is 0 Å². The molecule has 24 heavy (non-hydrogen) atoms. The van der Waals surface area contributed by atoms with E-state index in [1.165, 1.54) is 0 Å². The average molecular weight is 367 g/mol. The summed E-state index contributed by atoms with van der Waals surface area (Å²) in [5, 5.41) is 1.07. The van der Waals surface area contributed by atoms with Crippen molar-refractivity contribution in [2.45, 2.75) is 26.5 Å². The highest BCUT2D eigenvalue weighted by molar-refractivity contribution is 6.35. The lowest BCUT2D eigenvalue weighted by Gasteiger charge is -2.31. The Bertz CT molecular complexity index is 763. The highest BCUT2D eigenvalue weighted by Gasteiger charge is 2.21. The molecule has 0 saturated carbocycles. The number of carbonyl (C=O) groups is 1. The van der Waals surface area contributed by atoms with Gasteiger partial charge in [-0.15, -0.1) is 0 Å². The molecule has 1 aromatic heterocycles. The summed E-state index contributed by atoms with van der Waals surface area (Å²) in [5.41, 5.74) is 2.01. The van der Waals surface area contributed by atoms with Crippen LogP contribution >= 0.6 is 23.2 Å². The minimum Gasteiger partial charge on any atom is -0.471 e. The molecular formula is C17H16Cl2N2O3. The van der Waals surface area contributed by atoms with Crippen molar-refractivity contribution >= 4 is 34.9 Å². The first-order valence-corrected chi connectivity index (χ1v) is 8.22. The number of carbonyl (C=O) groups excluding carboxylic acids is 1. The van der Waals surface area contributed by atoms with Crippen molar-refractivity contribution in [3.8, 4) is 5.75 Å². The van der Waals surface area contributed by atoms with Gasteiger partial charge in [0, 0.05) is 10.6 Å². The van der Waals surface area contributed by atoms with Crippen LogP contribution in [-0.2, 0) is 11.3 Å². The molecule has 5 nitrogen and oxygen atoms in total. The minimum atomic E-state index is -0.435. The first-order chi connectivity index (χ1) is 11.4. The lowest BCUT2D eigenvalue weighted by Crippen LogP contribution is -2.32. The van der Waals surface area contributed by atoms with Crippen molar-refractivity contribution < 1.29 is 14.3 Å². The Labute approximate surface area is 150 Å². The van der Waals surface area contributed by atoms with Crippen LogP contribution in [0, 0.1) is 0 Å². The van der Waals surface area contributed by atoms with Gasteiger partial charge in [-0.25, -0.2) is 9.78 Å². The van der Waals surface area contributed by atoms with Crippen molar-refractivity contribution in [1.29, 1.82) is 0 Å². The van der Waals surface area contributed by atoms with Crippen molar-refractivity contribution in [2.75, 3.05) is 11.6 Å². The van der Waals surface area contributed by atoms with Gasteiger partial charge >= 0.3 is 5.97 Å². The normalized spacial score (nSPS) is 13.5. The van der Waals surface area contributed by atoms with Gasteiger partial charge in [0.25, 0.3) is 0 Å². The zero-order valence-electron chi connectivity index (χ0n) is 13.3. The number of anilines is 1. The third kappa shape index (κ3) is 3.57. The van der Waals surface area contributed by atoms with Crippen LogP contribution in [0.5, 0.6) is 5.75 Å². The zero-order chi connectivity index (χ0) is 17.3. The molecule has 7 heteroatoms. The van der Waals surface area contributed by atoms with Gasteiger partial charge in [0.1, 0.15) is 11.4 Å². The smallest absolute Gasteiger partial charge is 0.357 e. The number of hydrogen-bond donors (Lipinski definition) is 0. The number of hydrogen-bond acceptors (Lipinski definition) is 5. The highest BCUT2D eigenvalue weighted by Crippen LogP contribution is 2.36. The maximum Gasteiger partial charge on any atom is 0.357 e. The molecular weight excluding hydrogens is 351 g/mol. The van der Waals surface area contributed by atoms with E-state index in [-0.39, 0.29) is 11.8 Å². The highest BCUT2D eigenvalue weighted by atomic mass is 35.5. The lowest BCUT2D eigenvalue weighted by atomic mass is 10.1. The van der Waals surface area contributed by atoms with E-state index in [1.807, 2.05) is 17.0 Å². The van der Waals surface area contributed by atoms with E-state index >= 15 is 0 Å². The molecule has 1 aliphatic rings. The molecule has 0 N–H and O–H groups in total. The summed E-state index contributed by atoms with van der Waals surface area (Å²) in [7, 11) is 0. The van der Waals surface area contributed by atoms with Crippen molar-refractivity contribution in [1.82, 2.24) is 4.98 Å². The van der Waals surface area contributed by atoms with Gasteiger partial charge in [-0.05, 0) is 38.1 Å². The molecule has 0 fully saturated rings. The molecule has 1 aromatic carbocycles. The van der Waals surface area contributed by atoms with E-state index in [1.54, 1.807) is 32.2 Å². The third-order valence-electron chi connectivity index (χ3n) is 3.48. The van der Waals surface area contributed by atoms with Crippen LogP contribution in [0.15, 0.2) is 30.5 Å². The predicted octanol–water partition coefficient (Wildman–Crippen LogP) is 4.31. The van der Waals surface area contributed by atoms with Crippen molar-refractivity contribution in [3.63, 3.8) is 0 Å². The molecule has 126 valence electrons. The monoisotopic (exact) mass is 366 g/mol. The van der Waals surface area contributed by atoms with Gasteiger partial charge in [0.2, 0.25) is 0 Å². The van der Waals surface area contributed by atoms with E-state index < -0.39 is 5.97 Å². The standard InChI is InChI=1S/C17H16Cl2N2O3/c1-10(2)24-17(22)15-4-3-13(7-20-15)21-8-11-5-12(18)6-14(19)16(11)23-9-21/h3-7,10H,8-9H2,1-2H3. The van der Waals surface area contributed by atoms with Crippen LogP contribution in [0.25, 0.3) is 0 Å². The van der Waals surface area contributed by atoms with Crippen LogP contribution in [0.2, 0.25) is 10.0 Å². The van der Waals surface area contributed by atoms with Crippen LogP contribution in [0.3, 0.4) is 0 Å². The number of fused-ring (bicyclic) bond motifs is 1. The van der Waals surface area contributed by atoms with Gasteiger partial charge in [0.15, 0.2) is 6.73 Å². The molecule has 2 aromatic rings. The summed E-state index contributed by atoms with van der Waals surface area (Å²) in [6.07, 6.45) is 1.44. The van der Waals surface area contributed by atoms with E-state index in [0.717, 1.165) is 11.3 Å². The van der Waals surface area contributed by atoms with E-state index in [0.29, 0.717) is 29.1 Å². The van der Waals surface area contributed by atoms with Gasteiger partial charge in [-0.2, -0.15) is 0 Å². The van der Waals surface area contributed by atoms with Crippen LogP contribution in [0.1, 0.15) is 29.9 Å². The fraction of sp³-hybridized carbons (Fsp3) is 0.294. The van der Waals surface area contributed by atoms with Crippen molar-refractivity contribution in [3.05, 3.63) is 51.8 Å². The molecule has 0 spiro atoms. The lowest BCUT2D eigenvalue weighted by molar-refractivity contribution is 0.0371. The first-order valence-electron chi connectivity index (χ1n) is 7.46. The van der Waals surface area contributed by atoms with Gasteiger partial charge in [0.05, 0.1) is 29.6 Å². The molecule has 0 saturated heterocycles. The minimum absolute atomic E-state index is 0.180. The second-order valence-electron chi connectivity index (χ2n) is 5.70. The molecule has 0 bridgehead atoms. The van der Waals surface area contributed by atoms with Crippen LogP contribution in [0.4, 0.5) is 5.69 Å². The number of esters is 1. The summed E-state index contributed by atoms with van der Waals surface area (Å²) < 4.78 is 10.8. The Morgan fingerprint density at radius 2 is 2.12 bits per heavy atom. The second kappa shape index (κ2) is 6.87. The average Bonchev–Trinajstić information content (AvgIpc) is 2.53. The topological polar surface area (TPSA) is 51.7 Å². The summed E-state index contributed by atoms with van der Waals surface area (Å²) in [6, 6.07) is 6.94.